The molecule has 3 nitrogen and oxygen atoms in total. The maximum Gasteiger partial charge on any atom is 0.121 e. The van der Waals surface area contributed by atoms with Gasteiger partial charge in [0.25, 0.3) is 0 Å². The predicted molar refractivity (Wildman–Crippen MR) is 49.5 cm³/mol. The highest BCUT2D eigenvalue weighted by molar-refractivity contribution is 9.10. The van der Waals surface area contributed by atoms with Crippen LogP contribution in [0.2, 0.25) is 0 Å². The van der Waals surface area contributed by atoms with Crippen LogP contribution in [0.3, 0.4) is 0 Å². The minimum Gasteiger partial charge on any atom is -0.508 e. The molecule has 3 N–H and O–H groups in total. The molecule has 1 aromatic carbocycles. The number of nitrogens with two attached hydrogens (primary N) is 1. The Kier molecular flexibility index (Phi) is 3.08. The summed E-state index contributed by atoms with van der Waals surface area (Å²) in [5.74, 6) is 5.13. The van der Waals surface area contributed by atoms with E-state index in [9.17, 15) is 5.11 Å². The number of hydrogen-bond acceptors (Lipinski definition) is 3. The fraction of sp³-hybridized carbons (Fsp3) is 0.250. The van der Waals surface area contributed by atoms with Crippen molar-refractivity contribution in [3.05, 3.63) is 27.7 Å². The summed E-state index contributed by atoms with van der Waals surface area (Å²) in [7, 11) is 0. The van der Waals surface area contributed by atoms with Gasteiger partial charge in [0, 0.05) is 10.0 Å². The Labute approximate surface area is 79.2 Å². The Morgan fingerprint density at radius 2 is 2.25 bits per heavy atom. The molecule has 0 saturated heterocycles. The van der Waals surface area contributed by atoms with Gasteiger partial charge in [-0.05, 0) is 24.6 Å². The van der Waals surface area contributed by atoms with Gasteiger partial charge in [-0.2, -0.15) is 0 Å². The van der Waals surface area contributed by atoms with Crippen LogP contribution in [0.5, 0.6) is 5.75 Å². The lowest BCUT2D eigenvalue weighted by atomic mass is 10.1. The standard InChI is InChI=1S/C8H10BrNO2/c1-5-6(4-12-10)8(11)3-2-7(5)9/h2-3,11H,4,10H2,1H3. The predicted octanol–water partition coefficient (Wildman–Crippen LogP) is 1.85. The number of phenols is 1. The van der Waals surface area contributed by atoms with Crippen molar-refractivity contribution in [3.63, 3.8) is 0 Å². The van der Waals surface area contributed by atoms with Crippen LogP contribution in [0, 0.1) is 6.92 Å². The van der Waals surface area contributed by atoms with Crippen molar-refractivity contribution < 1.29 is 9.94 Å². The van der Waals surface area contributed by atoms with E-state index < -0.39 is 0 Å². The highest BCUT2D eigenvalue weighted by atomic mass is 79.9. The minimum atomic E-state index is 0.209. The normalized spacial score (nSPS) is 10.2. The summed E-state index contributed by atoms with van der Waals surface area (Å²) >= 11 is 3.34. The fourth-order valence-corrected chi connectivity index (χ4v) is 1.35. The highest BCUT2D eigenvalue weighted by Gasteiger charge is 2.07. The van der Waals surface area contributed by atoms with Crippen molar-refractivity contribution >= 4 is 15.9 Å². The summed E-state index contributed by atoms with van der Waals surface area (Å²) in [5, 5.41) is 9.39. The molecule has 0 heterocycles. The molecule has 0 aliphatic carbocycles. The number of halogens is 1. The molecule has 0 unspecified atom stereocenters. The van der Waals surface area contributed by atoms with E-state index >= 15 is 0 Å². The van der Waals surface area contributed by atoms with E-state index in [2.05, 4.69) is 20.8 Å². The lowest BCUT2D eigenvalue weighted by molar-refractivity contribution is 0.121. The Hall–Kier alpha value is -0.580. The molecular formula is C8H10BrNO2. The Morgan fingerprint density at radius 3 is 2.83 bits per heavy atom. The molecular weight excluding hydrogens is 222 g/mol. The molecule has 0 bridgehead atoms. The Bertz CT molecular complexity index is 289. The van der Waals surface area contributed by atoms with Crippen molar-refractivity contribution in [2.75, 3.05) is 0 Å². The summed E-state index contributed by atoms with van der Waals surface area (Å²) in [6.07, 6.45) is 0. The van der Waals surface area contributed by atoms with E-state index in [1.54, 1.807) is 12.1 Å². The van der Waals surface area contributed by atoms with Crippen molar-refractivity contribution in [1.82, 2.24) is 0 Å². The minimum absolute atomic E-state index is 0.209. The van der Waals surface area contributed by atoms with E-state index in [0.29, 0.717) is 5.56 Å². The number of benzene rings is 1. The van der Waals surface area contributed by atoms with Crippen LogP contribution < -0.4 is 5.90 Å². The molecule has 0 aromatic heterocycles. The van der Waals surface area contributed by atoms with E-state index in [0.717, 1.165) is 10.0 Å². The summed E-state index contributed by atoms with van der Waals surface area (Å²) in [6, 6.07) is 3.39. The van der Waals surface area contributed by atoms with Crippen molar-refractivity contribution in [2.24, 2.45) is 5.90 Å². The van der Waals surface area contributed by atoms with Gasteiger partial charge < -0.3 is 5.11 Å². The highest BCUT2D eigenvalue weighted by Crippen LogP contribution is 2.27. The molecule has 0 aliphatic rings. The first-order valence-electron chi connectivity index (χ1n) is 3.45. The maximum absolute atomic E-state index is 9.39. The number of phenolic OH excluding ortho intramolecular Hbond substituents is 1. The van der Waals surface area contributed by atoms with Crippen LogP contribution in [0.25, 0.3) is 0 Å². The first-order chi connectivity index (χ1) is 5.66. The number of hydrogen-bond donors (Lipinski definition) is 2. The zero-order valence-corrected chi connectivity index (χ0v) is 8.26. The molecule has 12 heavy (non-hydrogen) atoms. The van der Waals surface area contributed by atoms with Gasteiger partial charge in [0.1, 0.15) is 5.75 Å². The van der Waals surface area contributed by atoms with Gasteiger partial charge in [-0.25, -0.2) is 5.90 Å². The second-order valence-corrected chi connectivity index (χ2v) is 3.34. The number of aromatic hydroxyl groups is 1. The van der Waals surface area contributed by atoms with Crippen LogP contribution in [-0.2, 0) is 11.4 Å². The summed E-state index contributed by atoms with van der Waals surface area (Å²) in [5.41, 5.74) is 1.66. The lowest BCUT2D eigenvalue weighted by Crippen LogP contribution is -2.01. The lowest BCUT2D eigenvalue weighted by Gasteiger charge is -2.08. The third-order valence-corrected chi connectivity index (χ3v) is 2.59. The van der Waals surface area contributed by atoms with Crippen molar-refractivity contribution in [3.8, 4) is 5.75 Å². The first-order valence-corrected chi connectivity index (χ1v) is 4.24. The van der Waals surface area contributed by atoms with Gasteiger partial charge >= 0.3 is 0 Å². The molecule has 0 fully saturated rings. The summed E-state index contributed by atoms with van der Waals surface area (Å²) < 4.78 is 0.937. The smallest absolute Gasteiger partial charge is 0.121 e. The quantitative estimate of drug-likeness (QED) is 0.765. The molecule has 0 saturated carbocycles. The van der Waals surface area contributed by atoms with Crippen molar-refractivity contribution in [2.45, 2.75) is 13.5 Å². The van der Waals surface area contributed by atoms with Gasteiger partial charge in [0.2, 0.25) is 0 Å². The molecule has 1 rings (SSSR count). The van der Waals surface area contributed by atoms with E-state index in [-0.39, 0.29) is 12.4 Å². The SMILES string of the molecule is Cc1c(Br)ccc(O)c1CON. The van der Waals surface area contributed by atoms with Gasteiger partial charge in [-0.3, -0.25) is 4.84 Å². The average molecular weight is 232 g/mol. The van der Waals surface area contributed by atoms with E-state index in [4.69, 9.17) is 5.90 Å². The first kappa shape index (κ1) is 9.51. The Balaban J connectivity index is 3.14. The largest absolute Gasteiger partial charge is 0.508 e. The second kappa shape index (κ2) is 3.89. The third-order valence-electron chi connectivity index (χ3n) is 1.74. The maximum atomic E-state index is 9.39. The average Bonchev–Trinajstić information content (AvgIpc) is 2.06. The zero-order chi connectivity index (χ0) is 9.14. The molecule has 0 aliphatic heterocycles. The van der Waals surface area contributed by atoms with Crippen LogP contribution in [0.1, 0.15) is 11.1 Å². The Morgan fingerprint density at radius 1 is 1.58 bits per heavy atom. The molecule has 4 heteroatoms. The molecule has 0 amide bonds. The van der Waals surface area contributed by atoms with Gasteiger partial charge in [-0.1, -0.05) is 15.9 Å². The van der Waals surface area contributed by atoms with Crippen LogP contribution in [-0.4, -0.2) is 5.11 Å². The molecule has 0 atom stereocenters. The second-order valence-electron chi connectivity index (χ2n) is 2.48. The number of rotatable bonds is 2. The van der Waals surface area contributed by atoms with Crippen molar-refractivity contribution in [1.29, 1.82) is 0 Å². The molecule has 66 valence electrons. The summed E-state index contributed by atoms with van der Waals surface area (Å²) in [6.45, 7) is 2.11. The van der Waals surface area contributed by atoms with Crippen LogP contribution in [0.15, 0.2) is 16.6 Å². The molecule has 0 radical (unpaired) electrons. The van der Waals surface area contributed by atoms with Crippen LogP contribution >= 0.6 is 15.9 Å². The van der Waals surface area contributed by atoms with E-state index in [1.165, 1.54) is 0 Å². The summed E-state index contributed by atoms with van der Waals surface area (Å²) in [4.78, 5) is 4.46. The monoisotopic (exact) mass is 231 g/mol. The topological polar surface area (TPSA) is 55.5 Å². The van der Waals surface area contributed by atoms with E-state index in [1.807, 2.05) is 6.92 Å². The third kappa shape index (κ3) is 1.77. The molecule has 1 aromatic rings. The fourth-order valence-electron chi connectivity index (χ4n) is 0.979. The van der Waals surface area contributed by atoms with Gasteiger partial charge in [0.05, 0.1) is 6.61 Å². The molecule has 0 spiro atoms. The van der Waals surface area contributed by atoms with Crippen LogP contribution in [0.4, 0.5) is 0 Å². The van der Waals surface area contributed by atoms with Gasteiger partial charge in [-0.15, -0.1) is 0 Å². The van der Waals surface area contributed by atoms with Gasteiger partial charge in [0.15, 0.2) is 0 Å². The zero-order valence-electron chi connectivity index (χ0n) is 6.67.